The number of rotatable bonds is 4. The summed E-state index contributed by atoms with van der Waals surface area (Å²) in [4.78, 5) is 26.6. The normalized spacial score (nSPS) is 15.9. The summed E-state index contributed by atoms with van der Waals surface area (Å²) in [7, 11) is 0. The van der Waals surface area contributed by atoms with Gasteiger partial charge in [0.2, 0.25) is 11.8 Å². The molecule has 1 N–H and O–H groups in total. The Balaban J connectivity index is 1.72. The fourth-order valence-corrected chi connectivity index (χ4v) is 2.95. The average molecular weight is 345 g/mol. The molecule has 25 heavy (non-hydrogen) atoms. The van der Waals surface area contributed by atoms with Gasteiger partial charge in [-0.1, -0.05) is 5.16 Å². The van der Waals surface area contributed by atoms with Gasteiger partial charge in [-0.15, -0.1) is 0 Å². The van der Waals surface area contributed by atoms with Gasteiger partial charge in [0.25, 0.3) is 5.56 Å². The van der Waals surface area contributed by atoms with Gasteiger partial charge >= 0.3 is 0 Å². The van der Waals surface area contributed by atoms with Gasteiger partial charge in [-0.25, -0.2) is 4.68 Å². The molecular weight excluding hydrogens is 322 g/mol. The van der Waals surface area contributed by atoms with Crippen molar-refractivity contribution in [3.8, 4) is 0 Å². The maximum absolute atomic E-state index is 12.4. The average Bonchev–Trinajstić information content (AvgIpc) is 2.97. The zero-order valence-electron chi connectivity index (χ0n) is 14.9. The molecule has 0 saturated carbocycles. The Hall–Kier alpha value is -2.48. The van der Waals surface area contributed by atoms with Gasteiger partial charge in [-0.2, -0.15) is 5.10 Å². The second-order valence-corrected chi connectivity index (χ2v) is 6.71. The fourth-order valence-electron chi connectivity index (χ4n) is 2.95. The van der Waals surface area contributed by atoms with E-state index in [9.17, 15) is 9.59 Å². The van der Waals surface area contributed by atoms with Crippen molar-refractivity contribution in [2.75, 3.05) is 11.9 Å². The fraction of sp³-hybridized carbons (Fsp3) is 0.529. The summed E-state index contributed by atoms with van der Waals surface area (Å²) < 4.78 is 6.54. The summed E-state index contributed by atoms with van der Waals surface area (Å²) in [5.74, 6) is 0.177. The maximum Gasteiger partial charge on any atom is 0.267 e. The smallest absolute Gasteiger partial charge is 0.267 e. The van der Waals surface area contributed by atoms with Crippen molar-refractivity contribution in [3.63, 3.8) is 0 Å². The number of nitrogens with one attached hydrogen (secondary N) is 1. The Labute approximate surface area is 145 Å². The number of aromatic nitrogens is 3. The van der Waals surface area contributed by atoms with Crippen LogP contribution < -0.4 is 10.9 Å². The van der Waals surface area contributed by atoms with E-state index in [2.05, 4.69) is 15.6 Å². The van der Waals surface area contributed by atoms with E-state index in [0.29, 0.717) is 31.1 Å². The predicted octanol–water partition coefficient (Wildman–Crippen LogP) is 1.51. The van der Waals surface area contributed by atoms with Gasteiger partial charge in [0, 0.05) is 31.6 Å². The molecule has 3 rings (SSSR count). The number of fused-ring (bicyclic) bond motifs is 1. The summed E-state index contributed by atoms with van der Waals surface area (Å²) in [6.07, 6.45) is 0.710. The highest BCUT2D eigenvalue weighted by atomic mass is 16.5. The van der Waals surface area contributed by atoms with Crippen LogP contribution >= 0.6 is 0 Å². The zero-order valence-corrected chi connectivity index (χ0v) is 14.9. The van der Waals surface area contributed by atoms with E-state index in [1.165, 1.54) is 4.68 Å². The molecule has 0 fully saturated rings. The molecule has 0 spiro atoms. The maximum atomic E-state index is 12.4. The van der Waals surface area contributed by atoms with Crippen molar-refractivity contribution >= 4 is 11.8 Å². The second-order valence-electron chi connectivity index (χ2n) is 6.71. The molecule has 1 atom stereocenters. The Morgan fingerprint density at radius 3 is 2.72 bits per heavy atom. The van der Waals surface area contributed by atoms with Gasteiger partial charge in [-0.05, 0) is 33.3 Å². The van der Waals surface area contributed by atoms with E-state index >= 15 is 0 Å². The van der Waals surface area contributed by atoms with Crippen molar-refractivity contribution in [3.05, 3.63) is 39.4 Å². The number of nitrogens with zero attached hydrogens (tertiary/aromatic N) is 4. The minimum Gasteiger partial charge on any atom is -0.338 e. The van der Waals surface area contributed by atoms with E-state index < -0.39 is 0 Å². The van der Waals surface area contributed by atoms with Gasteiger partial charge < -0.3 is 4.52 Å². The van der Waals surface area contributed by atoms with E-state index in [4.69, 9.17) is 4.52 Å². The topological polar surface area (TPSA) is 93.3 Å². The number of amides is 1. The molecule has 1 aliphatic heterocycles. The first-order valence-electron chi connectivity index (χ1n) is 8.45. The van der Waals surface area contributed by atoms with Crippen molar-refractivity contribution in [1.82, 2.24) is 19.8 Å². The van der Waals surface area contributed by atoms with Gasteiger partial charge in [-0.3, -0.25) is 19.8 Å². The number of carbonyl (C=O) groups excluding carboxylic acids is 1. The first-order chi connectivity index (χ1) is 11.8. The Morgan fingerprint density at radius 2 is 2.08 bits per heavy atom. The van der Waals surface area contributed by atoms with E-state index in [0.717, 1.165) is 11.3 Å². The summed E-state index contributed by atoms with van der Waals surface area (Å²) in [6.45, 7) is 8.75. The molecule has 1 amide bonds. The lowest BCUT2D eigenvalue weighted by molar-refractivity contribution is -0.121. The molecule has 0 aromatic carbocycles. The summed E-state index contributed by atoms with van der Waals surface area (Å²) >= 11 is 0. The first kappa shape index (κ1) is 17.3. The van der Waals surface area contributed by atoms with Crippen LogP contribution in [0, 0.1) is 6.92 Å². The molecule has 3 heterocycles. The molecule has 8 nitrogen and oxygen atoms in total. The monoisotopic (exact) mass is 345 g/mol. The first-order valence-corrected chi connectivity index (χ1v) is 8.45. The van der Waals surface area contributed by atoms with E-state index in [-0.39, 0.29) is 23.6 Å². The Morgan fingerprint density at radius 1 is 1.32 bits per heavy atom. The Bertz CT molecular complexity index is 839. The summed E-state index contributed by atoms with van der Waals surface area (Å²) in [5, 5.41) is 11.0. The van der Waals surface area contributed by atoms with Crippen molar-refractivity contribution in [2.45, 2.75) is 52.7 Å². The van der Waals surface area contributed by atoms with Crippen molar-refractivity contribution in [2.24, 2.45) is 0 Å². The van der Waals surface area contributed by atoms with Crippen molar-refractivity contribution < 1.29 is 9.32 Å². The highest BCUT2D eigenvalue weighted by molar-refractivity contribution is 5.93. The highest BCUT2D eigenvalue weighted by Gasteiger charge is 2.27. The standard InChI is InChI=1S/C17H23N5O3/c1-10(2)22-16(23)8-13-9-21(6-5-14(13)19-22)12(4)17(24)18-15-7-11(3)20-25-15/h7-8,10,12H,5-6,9H2,1-4H3,(H,18,24)/t12-/m1/s1. The third-order valence-corrected chi connectivity index (χ3v) is 4.42. The lowest BCUT2D eigenvalue weighted by atomic mass is 10.0. The van der Waals surface area contributed by atoms with Gasteiger partial charge in [0.15, 0.2) is 0 Å². The SMILES string of the molecule is Cc1cc(NC(=O)[C@@H](C)N2CCc3nn(C(C)C)c(=O)cc3C2)on1. The summed E-state index contributed by atoms with van der Waals surface area (Å²) in [5.41, 5.74) is 2.43. The van der Waals surface area contributed by atoms with Crippen LogP contribution in [0.1, 0.15) is 43.8 Å². The second kappa shape index (κ2) is 6.79. The molecule has 134 valence electrons. The molecule has 2 aromatic rings. The zero-order chi connectivity index (χ0) is 18.1. The molecule has 8 heteroatoms. The Kier molecular flexibility index (Phi) is 4.71. The largest absolute Gasteiger partial charge is 0.338 e. The minimum absolute atomic E-state index is 0.0332. The lowest BCUT2D eigenvalue weighted by Gasteiger charge is -2.32. The van der Waals surface area contributed by atoms with Gasteiger partial charge in [0.05, 0.1) is 23.5 Å². The lowest BCUT2D eigenvalue weighted by Crippen LogP contribution is -2.45. The van der Waals surface area contributed by atoms with Crippen molar-refractivity contribution in [1.29, 1.82) is 0 Å². The van der Waals surface area contributed by atoms with Crippen LogP contribution in [0.15, 0.2) is 21.5 Å². The predicted molar refractivity (Wildman–Crippen MR) is 92.3 cm³/mol. The van der Waals surface area contributed by atoms with E-state index in [1.54, 1.807) is 19.1 Å². The number of anilines is 1. The molecule has 0 unspecified atom stereocenters. The quantitative estimate of drug-likeness (QED) is 0.903. The highest BCUT2D eigenvalue weighted by Crippen LogP contribution is 2.19. The molecule has 0 aliphatic carbocycles. The molecule has 2 aromatic heterocycles. The van der Waals surface area contributed by atoms with Crippen LogP contribution in [0.5, 0.6) is 0 Å². The van der Waals surface area contributed by atoms with Crippen LogP contribution in [0.3, 0.4) is 0 Å². The number of hydrogen-bond acceptors (Lipinski definition) is 6. The van der Waals surface area contributed by atoms with Gasteiger partial charge in [0.1, 0.15) is 0 Å². The number of aryl methyl sites for hydroxylation is 1. The van der Waals surface area contributed by atoms with E-state index in [1.807, 2.05) is 25.7 Å². The number of carbonyl (C=O) groups is 1. The molecule has 0 bridgehead atoms. The third kappa shape index (κ3) is 3.63. The molecule has 1 aliphatic rings. The van der Waals surface area contributed by atoms with Crippen LogP contribution in [-0.4, -0.2) is 38.3 Å². The molecule has 0 saturated heterocycles. The minimum atomic E-state index is -0.355. The molecular formula is C17H23N5O3. The molecule has 0 radical (unpaired) electrons. The third-order valence-electron chi connectivity index (χ3n) is 4.42. The van der Waals surface area contributed by atoms with Crippen LogP contribution in [0.2, 0.25) is 0 Å². The van der Waals surface area contributed by atoms with Crippen LogP contribution in [0.4, 0.5) is 5.88 Å². The summed E-state index contributed by atoms with van der Waals surface area (Å²) in [6, 6.07) is 2.99. The number of hydrogen-bond donors (Lipinski definition) is 1. The van der Waals surface area contributed by atoms with Crippen LogP contribution in [-0.2, 0) is 17.8 Å². The van der Waals surface area contributed by atoms with Crippen LogP contribution in [0.25, 0.3) is 0 Å².